The first-order chi connectivity index (χ1) is 11.1. The average molecular weight is 337 g/mol. The maximum Gasteiger partial charge on any atom is 0.309 e. The number of esters is 1. The molecular formula is C17H23NO4S. The number of nitrogens with zero attached hydrogens (tertiary/aromatic N) is 1. The van der Waals surface area contributed by atoms with E-state index in [2.05, 4.69) is 0 Å². The van der Waals surface area contributed by atoms with Crippen LogP contribution in [0.25, 0.3) is 0 Å². The predicted molar refractivity (Wildman–Crippen MR) is 87.1 cm³/mol. The van der Waals surface area contributed by atoms with Crippen LogP contribution in [0.4, 0.5) is 0 Å². The molecule has 1 aromatic rings. The first-order valence-corrected chi connectivity index (χ1v) is 9.77. The third-order valence-electron chi connectivity index (χ3n) is 4.83. The number of hydrogen-bond acceptors (Lipinski definition) is 4. The monoisotopic (exact) mass is 337 g/mol. The maximum absolute atomic E-state index is 12.4. The fourth-order valence-electron chi connectivity index (χ4n) is 3.20. The van der Waals surface area contributed by atoms with Gasteiger partial charge in [-0.3, -0.25) is 4.79 Å². The van der Waals surface area contributed by atoms with Gasteiger partial charge in [0.15, 0.2) is 0 Å². The average Bonchev–Trinajstić information content (AvgIpc) is 2.51. The zero-order valence-electron chi connectivity index (χ0n) is 13.2. The van der Waals surface area contributed by atoms with Crippen LogP contribution < -0.4 is 0 Å². The van der Waals surface area contributed by atoms with Gasteiger partial charge in [-0.15, -0.1) is 0 Å². The summed E-state index contributed by atoms with van der Waals surface area (Å²) in [6.07, 6.45) is 3.28. The number of sulfonamides is 1. The van der Waals surface area contributed by atoms with Crippen molar-refractivity contribution in [3.05, 3.63) is 35.9 Å². The van der Waals surface area contributed by atoms with Crippen molar-refractivity contribution >= 4 is 16.0 Å². The van der Waals surface area contributed by atoms with Crippen molar-refractivity contribution in [2.24, 2.45) is 5.92 Å². The molecule has 0 spiro atoms. The summed E-state index contributed by atoms with van der Waals surface area (Å²) < 4.78 is 31.7. The predicted octanol–water partition coefficient (Wildman–Crippen LogP) is 2.32. The minimum Gasteiger partial charge on any atom is -0.461 e. The van der Waals surface area contributed by atoms with Crippen molar-refractivity contribution in [2.45, 2.75) is 44.0 Å². The van der Waals surface area contributed by atoms with Gasteiger partial charge in [0.25, 0.3) is 0 Å². The first kappa shape index (κ1) is 16.5. The molecule has 0 aromatic heterocycles. The lowest BCUT2D eigenvalue weighted by Crippen LogP contribution is -2.47. The minimum atomic E-state index is -3.15. The molecule has 0 bridgehead atoms. The van der Waals surface area contributed by atoms with Crippen LogP contribution in [0, 0.1) is 5.92 Å². The number of carbonyl (C=O) groups excluding carboxylic acids is 1. The van der Waals surface area contributed by atoms with Gasteiger partial charge in [-0.25, -0.2) is 12.7 Å². The second-order valence-electron chi connectivity index (χ2n) is 6.36. The Morgan fingerprint density at radius 2 is 1.74 bits per heavy atom. The second kappa shape index (κ2) is 7.01. The van der Waals surface area contributed by atoms with Gasteiger partial charge in [0.2, 0.25) is 10.0 Å². The van der Waals surface area contributed by atoms with Crippen molar-refractivity contribution in [1.82, 2.24) is 4.31 Å². The molecule has 1 aliphatic heterocycles. The van der Waals surface area contributed by atoms with E-state index in [4.69, 9.17) is 4.74 Å². The largest absolute Gasteiger partial charge is 0.461 e. The van der Waals surface area contributed by atoms with Crippen LogP contribution in [0.1, 0.15) is 37.7 Å². The molecule has 1 aliphatic carbocycles. The van der Waals surface area contributed by atoms with E-state index in [-0.39, 0.29) is 23.7 Å². The Morgan fingerprint density at radius 3 is 2.30 bits per heavy atom. The van der Waals surface area contributed by atoms with Crippen LogP contribution in [0.2, 0.25) is 0 Å². The van der Waals surface area contributed by atoms with Crippen molar-refractivity contribution in [2.75, 3.05) is 13.1 Å². The number of carbonyl (C=O) groups is 1. The standard InChI is InChI=1S/C17H23NO4S/c19-17(22-13-14-5-2-1-3-6-14)15-7-9-16(10-8-15)23(20,21)18-11-4-12-18/h1-3,5-6,15-16H,4,7-13H2. The lowest BCUT2D eigenvalue weighted by molar-refractivity contribution is -0.151. The highest BCUT2D eigenvalue weighted by atomic mass is 32.2. The third kappa shape index (κ3) is 3.75. The van der Waals surface area contributed by atoms with E-state index in [1.54, 1.807) is 4.31 Å². The van der Waals surface area contributed by atoms with Crippen molar-refractivity contribution in [1.29, 1.82) is 0 Å². The van der Waals surface area contributed by atoms with Gasteiger partial charge in [0.1, 0.15) is 6.61 Å². The van der Waals surface area contributed by atoms with E-state index < -0.39 is 10.0 Å². The summed E-state index contributed by atoms with van der Waals surface area (Å²) >= 11 is 0. The van der Waals surface area contributed by atoms with Crippen LogP contribution in [0.5, 0.6) is 0 Å². The highest BCUT2D eigenvalue weighted by Crippen LogP contribution is 2.32. The third-order valence-corrected chi connectivity index (χ3v) is 7.23. The molecule has 126 valence electrons. The Labute approximate surface area is 137 Å². The SMILES string of the molecule is O=C(OCc1ccccc1)C1CCC(S(=O)(=O)N2CCC2)CC1. The van der Waals surface area contributed by atoms with E-state index in [0.29, 0.717) is 38.8 Å². The Kier molecular flexibility index (Phi) is 5.02. The van der Waals surface area contributed by atoms with Gasteiger partial charge in [-0.2, -0.15) is 0 Å². The van der Waals surface area contributed by atoms with E-state index in [1.807, 2.05) is 30.3 Å². The quantitative estimate of drug-likeness (QED) is 0.774. The Balaban J connectivity index is 1.47. The van der Waals surface area contributed by atoms with Gasteiger partial charge in [0.05, 0.1) is 11.2 Å². The lowest BCUT2D eigenvalue weighted by Gasteiger charge is -2.36. The fourth-order valence-corrected chi connectivity index (χ4v) is 5.25. The zero-order valence-corrected chi connectivity index (χ0v) is 14.0. The summed E-state index contributed by atoms with van der Waals surface area (Å²) in [7, 11) is -3.15. The number of hydrogen-bond donors (Lipinski definition) is 0. The Hall–Kier alpha value is -1.40. The summed E-state index contributed by atoms with van der Waals surface area (Å²) in [4.78, 5) is 12.1. The highest BCUT2D eigenvalue weighted by molar-refractivity contribution is 7.89. The van der Waals surface area contributed by atoms with Crippen LogP contribution in [0.3, 0.4) is 0 Å². The van der Waals surface area contributed by atoms with E-state index in [1.165, 1.54) is 0 Å². The lowest BCUT2D eigenvalue weighted by atomic mass is 9.89. The topological polar surface area (TPSA) is 63.7 Å². The van der Waals surface area contributed by atoms with E-state index in [9.17, 15) is 13.2 Å². The summed E-state index contributed by atoms with van der Waals surface area (Å²) in [5.74, 6) is -0.366. The molecule has 1 aromatic carbocycles. The highest BCUT2D eigenvalue weighted by Gasteiger charge is 2.39. The molecule has 1 heterocycles. The summed E-state index contributed by atoms with van der Waals surface area (Å²) in [5, 5.41) is -0.319. The zero-order chi connectivity index (χ0) is 16.3. The molecule has 1 saturated carbocycles. The number of ether oxygens (including phenoxy) is 1. The molecule has 0 amide bonds. The number of rotatable bonds is 5. The van der Waals surface area contributed by atoms with Gasteiger partial charge >= 0.3 is 5.97 Å². The van der Waals surface area contributed by atoms with Crippen LogP contribution in [0.15, 0.2) is 30.3 Å². The molecule has 0 N–H and O–H groups in total. The van der Waals surface area contributed by atoms with Crippen molar-refractivity contribution < 1.29 is 17.9 Å². The minimum absolute atomic E-state index is 0.165. The summed E-state index contributed by atoms with van der Waals surface area (Å²) in [5.41, 5.74) is 0.967. The molecule has 0 unspecified atom stereocenters. The van der Waals surface area contributed by atoms with E-state index in [0.717, 1.165) is 12.0 Å². The second-order valence-corrected chi connectivity index (χ2v) is 8.58. The molecule has 2 aliphatic rings. The molecule has 0 atom stereocenters. The summed E-state index contributed by atoms with van der Waals surface area (Å²) in [6.45, 7) is 1.59. The van der Waals surface area contributed by atoms with Crippen LogP contribution >= 0.6 is 0 Å². The molecule has 23 heavy (non-hydrogen) atoms. The smallest absolute Gasteiger partial charge is 0.309 e. The Morgan fingerprint density at radius 1 is 1.09 bits per heavy atom. The molecule has 6 heteroatoms. The van der Waals surface area contributed by atoms with Gasteiger partial charge < -0.3 is 4.74 Å². The van der Waals surface area contributed by atoms with Crippen LogP contribution in [-0.4, -0.2) is 37.0 Å². The first-order valence-electron chi connectivity index (χ1n) is 8.27. The summed E-state index contributed by atoms with van der Waals surface area (Å²) in [6, 6.07) is 9.59. The maximum atomic E-state index is 12.4. The van der Waals surface area contributed by atoms with E-state index >= 15 is 0 Å². The van der Waals surface area contributed by atoms with Crippen LogP contribution in [-0.2, 0) is 26.2 Å². The van der Waals surface area contributed by atoms with Crippen molar-refractivity contribution in [3.63, 3.8) is 0 Å². The molecule has 3 rings (SSSR count). The molecule has 2 fully saturated rings. The van der Waals surface area contributed by atoms with Gasteiger partial charge in [0, 0.05) is 13.1 Å². The van der Waals surface area contributed by atoms with Crippen molar-refractivity contribution in [3.8, 4) is 0 Å². The van der Waals surface area contributed by atoms with Gasteiger partial charge in [-0.05, 0) is 37.7 Å². The Bertz CT molecular complexity index is 632. The fraction of sp³-hybridized carbons (Fsp3) is 0.588. The normalized spacial score (nSPS) is 25.6. The molecule has 1 saturated heterocycles. The molecule has 0 radical (unpaired) electrons. The van der Waals surface area contributed by atoms with Gasteiger partial charge in [-0.1, -0.05) is 30.3 Å². The molecular weight excluding hydrogens is 314 g/mol. The number of benzene rings is 1. The molecule has 5 nitrogen and oxygen atoms in total.